The van der Waals surface area contributed by atoms with E-state index in [4.69, 9.17) is 9.47 Å². The number of rotatable bonds is 40. The molecule has 1 amide bonds. The molecular weight excluding hydrogens is 767 g/mol. The van der Waals surface area contributed by atoms with Crippen molar-refractivity contribution in [3.8, 4) is 0 Å². The molecule has 0 radical (unpaired) electrons. The molecule has 6 N–H and O–H groups in total. The van der Waals surface area contributed by atoms with Crippen LogP contribution in [0.25, 0.3) is 0 Å². The molecule has 1 rings (SSSR count). The van der Waals surface area contributed by atoms with E-state index in [0.29, 0.717) is 19.3 Å². The first-order chi connectivity index (χ1) is 29.8. The lowest BCUT2D eigenvalue weighted by molar-refractivity contribution is -0.302. The van der Waals surface area contributed by atoms with E-state index in [2.05, 4.69) is 92.1 Å². The van der Waals surface area contributed by atoms with Gasteiger partial charge in [0.25, 0.3) is 0 Å². The van der Waals surface area contributed by atoms with Crippen LogP contribution in [-0.2, 0) is 14.3 Å². The van der Waals surface area contributed by atoms with Gasteiger partial charge in [-0.3, -0.25) is 4.79 Å². The quantitative estimate of drug-likeness (QED) is 0.0264. The van der Waals surface area contributed by atoms with Crippen LogP contribution in [0.1, 0.15) is 194 Å². The Morgan fingerprint density at radius 2 is 1.02 bits per heavy atom. The molecule has 61 heavy (non-hydrogen) atoms. The molecular formula is C52H91NO8. The summed E-state index contributed by atoms with van der Waals surface area (Å²) < 4.78 is 11.3. The van der Waals surface area contributed by atoms with E-state index in [-0.39, 0.29) is 12.5 Å². The lowest BCUT2D eigenvalue weighted by Crippen LogP contribution is -2.60. The molecule has 0 aromatic carbocycles. The SMILES string of the molecule is CC/C=C\C/C=C\C/C=C\C/C=C\C/C=C\C/C=C\CCCCC(=O)NC(COC1OC(CO)C(O)C(O)C1O)C(O)CCCCCCCCCCCCCCCCCCC. The first-order valence-electron chi connectivity index (χ1n) is 24.6. The van der Waals surface area contributed by atoms with Gasteiger partial charge in [-0.05, 0) is 64.2 Å². The molecule has 9 heteroatoms. The fourth-order valence-electron chi connectivity index (χ4n) is 7.40. The number of aliphatic hydroxyl groups excluding tert-OH is 5. The number of allylic oxidation sites excluding steroid dienone is 12. The van der Waals surface area contributed by atoms with Gasteiger partial charge in [-0.1, -0.05) is 196 Å². The molecule has 1 aliphatic heterocycles. The smallest absolute Gasteiger partial charge is 0.220 e. The van der Waals surface area contributed by atoms with Crippen LogP contribution in [0, 0.1) is 0 Å². The van der Waals surface area contributed by atoms with Crippen molar-refractivity contribution >= 4 is 5.91 Å². The lowest BCUT2D eigenvalue weighted by Gasteiger charge is -2.40. The number of hydrogen-bond donors (Lipinski definition) is 6. The van der Waals surface area contributed by atoms with Gasteiger partial charge in [0.1, 0.15) is 24.4 Å². The predicted molar refractivity (Wildman–Crippen MR) is 253 cm³/mol. The number of nitrogens with one attached hydrogen (secondary N) is 1. The summed E-state index contributed by atoms with van der Waals surface area (Å²) in [6.07, 6.45) is 49.1. The summed E-state index contributed by atoms with van der Waals surface area (Å²) in [6.45, 7) is 3.69. The van der Waals surface area contributed by atoms with E-state index >= 15 is 0 Å². The number of carbonyl (C=O) groups excluding carboxylic acids is 1. The van der Waals surface area contributed by atoms with Crippen molar-refractivity contribution in [2.75, 3.05) is 13.2 Å². The van der Waals surface area contributed by atoms with E-state index in [9.17, 15) is 30.3 Å². The summed E-state index contributed by atoms with van der Waals surface area (Å²) in [5, 5.41) is 54.4. The van der Waals surface area contributed by atoms with Crippen LogP contribution >= 0.6 is 0 Å². The second-order valence-electron chi connectivity index (χ2n) is 16.9. The Bertz CT molecular complexity index is 1180. The maximum atomic E-state index is 13.0. The second kappa shape index (κ2) is 41.6. The highest BCUT2D eigenvalue weighted by molar-refractivity contribution is 5.76. The molecule has 0 saturated carbocycles. The number of carbonyl (C=O) groups is 1. The summed E-state index contributed by atoms with van der Waals surface area (Å²) in [4.78, 5) is 13.0. The predicted octanol–water partition coefficient (Wildman–Crippen LogP) is 10.9. The average molecular weight is 858 g/mol. The molecule has 0 aromatic rings. The van der Waals surface area contributed by atoms with Gasteiger partial charge >= 0.3 is 0 Å². The highest BCUT2D eigenvalue weighted by Crippen LogP contribution is 2.23. The number of aliphatic hydroxyl groups is 5. The maximum Gasteiger partial charge on any atom is 0.220 e. The zero-order valence-corrected chi connectivity index (χ0v) is 38.6. The molecule has 0 spiro atoms. The second-order valence-corrected chi connectivity index (χ2v) is 16.9. The van der Waals surface area contributed by atoms with E-state index in [0.717, 1.165) is 70.6 Å². The number of unbranched alkanes of at least 4 members (excludes halogenated alkanes) is 18. The first kappa shape index (κ1) is 56.6. The Balaban J connectivity index is 2.35. The summed E-state index contributed by atoms with van der Waals surface area (Å²) in [5.74, 6) is -0.188. The van der Waals surface area contributed by atoms with E-state index < -0.39 is 49.5 Å². The van der Waals surface area contributed by atoms with Crippen LogP contribution in [0.15, 0.2) is 72.9 Å². The van der Waals surface area contributed by atoms with Crippen molar-refractivity contribution in [3.05, 3.63) is 72.9 Å². The van der Waals surface area contributed by atoms with Crippen LogP contribution in [-0.4, -0.2) is 87.5 Å². The standard InChI is InChI=1S/C52H91NO8/c1-3-5-7-9-11-13-15-17-19-21-22-23-24-26-28-30-32-34-36-38-40-42-48(56)53-45(44-60-52-51(59)50(58)49(57)47(43-54)61-52)46(55)41-39-37-35-33-31-29-27-25-20-18-16-14-12-10-8-6-4-2/h5,7,11,13,17,19,22-23,26,28,32,34,45-47,49-52,54-55,57-59H,3-4,6,8-10,12,14-16,18,20-21,24-25,27,29-31,33,35-44H2,1-2H3,(H,53,56)/b7-5-,13-11-,19-17-,23-22-,28-26-,34-32-. The van der Waals surface area contributed by atoms with Crippen LogP contribution in [0.5, 0.6) is 0 Å². The van der Waals surface area contributed by atoms with Crippen molar-refractivity contribution in [2.24, 2.45) is 0 Å². The van der Waals surface area contributed by atoms with Crippen LogP contribution in [0.3, 0.4) is 0 Å². The minimum atomic E-state index is -1.56. The van der Waals surface area contributed by atoms with Crippen molar-refractivity contribution in [3.63, 3.8) is 0 Å². The Hall–Kier alpha value is -2.37. The molecule has 0 aliphatic carbocycles. The zero-order chi connectivity index (χ0) is 44.4. The Morgan fingerprint density at radius 3 is 1.48 bits per heavy atom. The largest absolute Gasteiger partial charge is 0.394 e. The van der Waals surface area contributed by atoms with E-state index in [1.54, 1.807) is 0 Å². The zero-order valence-electron chi connectivity index (χ0n) is 38.6. The summed E-state index contributed by atoms with van der Waals surface area (Å²) in [5.41, 5.74) is 0. The summed E-state index contributed by atoms with van der Waals surface area (Å²) in [7, 11) is 0. The van der Waals surface area contributed by atoms with Crippen molar-refractivity contribution in [1.29, 1.82) is 0 Å². The van der Waals surface area contributed by atoms with Gasteiger partial charge in [0.2, 0.25) is 5.91 Å². The molecule has 9 nitrogen and oxygen atoms in total. The fourth-order valence-corrected chi connectivity index (χ4v) is 7.40. The molecule has 1 fully saturated rings. The first-order valence-corrected chi connectivity index (χ1v) is 24.6. The number of amides is 1. The third-order valence-corrected chi connectivity index (χ3v) is 11.3. The number of hydrogen-bond acceptors (Lipinski definition) is 8. The molecule has 1 aliphatic rings. The third-order valence-electron chi connectivity index (χ3n) is 11.3. The maximum absolute atomic E-state index is 13.0. The normalized spacial score (nSPS) is 21.1. The molecule has 7 atom stereocenters. The number of ether oxygens (including phenoxy) is 2. The van der Waals surface area contributed by atoms with Gasteiger partial charge in [0.15, 0.2) is 6.29 Å². The summed E-state index contributed by atoms with van der Waals surface area (Å²) in [6, 6.07) is -0.746. The molecule has 1 saturated heterocycles. The Kier molecular flexibility index (Phi) is 38.7. The Morgan fingerprint density at radius 1 is 0.574 bits per heavy atom. The molecule has 1 heterocycles. The molecule has 7 unspecified atom stereocenters. The Labute approximate surface area is 372 Å². The van der Waals surface area contributed by atoms with Gasteiger partial charge in [-0.15, -0.1) is 0 Å². The van der Waals surface area contributed by atoms with Gasteiger partial charge < -0.3 is 40.3 Å². The average Bonchev–Trinajstić information content (AvgIpc) is 3.26. The minimum Gasteiger partial charge on any atom is -0.394 e. The fraction of sp³-hybridized carbons (Fsp3) is 0.750. The van der Waals surface area contributed by atoms with Gasteiger partial charge in [-0.25, -0.2) is 0 Å². The molecule has 0 aromatic heterocycles. The van der Waals surface area contributed by atoms with Crippen LogP contribution in [0.4, 0.5) is 0 Å². The van der Waals surface area contributed by atoms with Crippen molar-refractivity contribution in [2.45, 2.75) is 236 Å². The van der Waals surface area contributed by atoms with Gasteiger partial charge in [-0.2, -0.15) is 0 Å². The van der Waals surface area contributed by atoms with Crippen LogP contribution < -0.4 is 5.32 Å². The molecule has 352 valence electrons. The molecule has 0 bridgehead atoms. The monoisotopic (exact) mass is 858 g/mol. The van der Waals surface area contributed by atoms with Crippen molar-refractivity contribution < 1.29 is 39.8 Å². The third kappa shape index (κ3) is 32.0. The van der Waals surface area contributed by atoms with Crippen LogP contribution in [0.2, 0.25) is 0 Å². The van der Waals surface area contributed by atoms with E-state index in [1.165, 1.54) is 89.9 Å². The highest BCUT2D eigenvalue weighted by atomic mass is 16.7. The van der Waals surface area contributed by atoms with E-state index in [1.807, 2.05) is 0 Å². The topological polar surface area (TPSA) is 149 Å². The van der Waals surface area contributed by atoms with Gasteiger partial charge in [0, 0.05) is 6.42 Å². The van der Waals surface area contributed by atoms with Crippen molar-refractivity contribution in [1.82, 2.24) is 5.32 Å². The lowest BCUT2D eigenvalue weighted by atomic mass is 9.99. The minimum absolute atomic E-state index is 0.160. The summed E-state index contributed by atoms with van der Waals surface area (Å²) >= 11 is 0. The van der Waals surface area contributed by atoms with Gasteiger partial charge in [0.05, 0.1) is 25.4 Å². The highest BCUT2D eigenvalue weighted by Gasteiger charge is 2.44.